The number of benzene rings is 2. The molecule has 2 rings (SSSR count). The first-order chi connectivity index (χ1) is 12.7. The van der Waals surface area contributed by atoms with Crippen LogP contribution >= 0.6 is 15.9 Å². The van der Waals surface area contributed by atoms with Crippen molar-refractivity contribution in [1.82, 2.24) is 0 Å². The summed E-state index contributed by atoms with van der Waals surface area (Å²) < 4.78 is 59.2. The maximum Gasteiger partial charge on any atom is 0.297 e. The molecule has 0 heterocycles. The zero-order valence-electron chi connectivity index (χ0n) is 15.2. The van der Waals surface area contributed by atoms with E-state index in [1.54, 1.807) is 45.0 Å². The van der Waals surface area contributed by atoms with E-state index in [2.05, 4.69) is 15.9 Å². The minimum absolute atomic E-state index is 0.0234. The van der Waals surface area contributed by atoms with E-state index >= 15 is 0 Å². The number of alkyl halides is 1. The maximum absolute atomic E-state index is 12.4. The van der Waals surface area contributed by atoms with Crippen molar-refractivity contribution < 1.29 is 25.2 Å². The molecule has 0 atom stereocenters. The maximum atomic E-state index is 12.4. The zero-order valence-corrected chi connectivity index (χ0v) is 18.4. The van der Waals surface area contributed by atoms with Gasteiger partial charge >= 0.3 is 0 Å². The van der Waals surface area contributed by atoms with Crippen molar-refractivity contribution in [2.24, 2.45) is 0 Å². The van der Waals surface area contributed by atoms with Crippen LogP contribution in [0.5, 0.6) is 0 Å². The fourth-order valence-electron chi connectivity index (χ4n) is 2.56. The Balaban J connectivity index is 2.63. The van der Waals surface area contributed by atoms with Gasteiger partial charge in [-0.1, -0.05) is 40.2 Å². The highest BCUT2D eigenvalue weighted by atomic mass is 79.9. The molecule has 0 fully saturated rings. The van der Waals surface area contributed by atoms with Gasteiger partial charge in [0.25, 0.3) is 20.2 Å². The summed E-state index contributed by atoms with van der Waals surface area (Å²) in [7, 11) is -7.79. The van der Waals surface area contributed by atoms with Crippen LogP contribution in [-0.2, 0) is 33.9 Å². The number of aryl methyl sites for hydroxylation is 1. The molecule has 148 valence electrons. The summed E-state index contributed by atoms with van der Waals surface area (Å²) in [6.07, 6.45) is 0. The van der Waals surface area contributed by atoms with Crippen LogP contribution in [0, 0.1) is 6.92 Å². The van der Waals surface area contributed by atoms with Gasteiger partial charge in [-0.2, -0.15) is 16.8 Å². The quantitative estimate of drug-likeness (QED) is 0.422. The third kappa shape index (κ3) is 4.97. The Hall–Kier alpha value is -1.26. The summed E-state index contributed by atoms with van der Waals surface area (Å²) in [5.41, 5.74) is 2.23. The van der Waals surface area contributed by atoms with E-state index in [4.69, 9.17) is 8.37 Å². The second-order valence-corrected chi connectivity index (χ2v) is 9.39. The van der Waals surface area contributed by atoms with Gasteiger partial charge in [-0.15, -0.1) is 0 Å². The predicted molar refractivity (Wildman–Crippen MR) is 107 cm³/mol. The van der Waals surface area contributed by atoms with E-state index in [0.717, 1.165) is 0 Å². The summed E-state index contributed by atoms with van der Waals surface area (Å²) in [4.78, 5) is 0.106. The van der Waals surface area contributed by atoms with Crippen LogP contribution in [0.3, 0.4) is 0 Å². The lowest BCUT2D eigenvalue weighted by Gasteiger charge is -2.13. The molecule has 27 heavy (non-hydrogen) atoms. The predicted octanol–water partition coefficient (Wildman–Crippen LogP) is 4.01. The molecule has 2 aromatic carbocycles. The summed E-state index contributed by atoms with van der Waals surface area (Å²) in [5, 5.41) is 0.340. The van der Waals surface area contributed by atoms with Gasteiger partial charge in [-0.25, -0.2) is 0 Å². The van der Waals surface area contributed by atoms with Crippen LogP contribution in [-0.4, -0.2) is 30.0 Å². The SMILES string of the molecule is CCOS(=O)(=O)c1cc(-c2ccc(CBr)c(S(=O)(=O)OCC)c2)ccc1C. The Morgan fingerprint density at radius 2 is 1.30 bits per heavy atom. The minimum atomic E-state index is -3.91. The Bertz CT molecular complexity index is 1030. The molecule has 0 aliphatic carbocycles. The van der Waals surface area contributed by atoms with Crippen molar-refractivity contribution in [3.05, 3.63) is 47.5 Å². The number of hydrogen-bond donors (Lipinski definition) is 0. The van der Waals surface area contributed by atoms with Crippen molar-refractivity contribution in [3.8, 4) is 11.1 Å². The first-order valence-corrected chi connectivity index (χ1v) is 12.2. The van der Waals surface area contributed by atoms with Gasteiger partial charge in [-0.3, -0.25) is 8.37 Å². The van der Waals surface area contributed by atoms with Crippen molar-refractivity contribution >= 4 is 36.2 Å². The number of halogens is 1. The van der Waals surface area contributed by atoms with Crippen molar-refractivity contribution in [2.45, 2.75) is 35.9 Å². The third-order valence-corrected chi connectivity index (χ3v) is 7.41. The standard InChI is InChI=1S/C18H21BrO6S2/c1-4-24-26(20,21)17-10-14(7-6-13(17)3)15-8-9-16(12-19)18(11-15)27(22,23)25-5-2/h6-11H,4-5,12H2,1-3H3. The molecule has 0 N–H and O–H groups in total. The van der Waals surface area contributed by atoms with E-state index < -0.39 is 20.2 Å². The second-order valence-electron chi connectivity index (χ2n) is 5.66. The molecule has 0 saturated carbocycles. The summed E-state index contributed by atoms with van der Waals surface area (Å²) in [6, 6.07) is 9.79. The Morgan fingerprint density at radius 1 is 0.815 bits per heavy atom. The van der Waals surface area contributed by atoms with E-state index in [9.17, 15) is 16.8 Å². The smallest absolute Gasteiger partial charge is 0.267 e. The molecule has 0 aliphatic rings. The van der Waals surface area contributed by atoms with E-state index in [1.165, 1.54) is 12.1 Å². The summed E-state index contributed by atoms with van der Waals surface area (Å²) in [5.74, 6) is 0. The summed E-state index contributed by atoms with van der Waals surface area (Å²) >= 11 is 3.28. The Kier molecular flexibility index (Phi) is 7.20. The van der Waals surface area contributed by atoms with Crippen LogP contribution in [0.1, 0.15) is 25.0 Å². The molecule has 2 aromatic rings. The van der Waals surface area contributed by atoms with Gasteiger partial charge in [0.15, 0.2) is 0 Å². The molecule has 0 bridgehead atoms. The zero-order chi connectivity index (χ0) is 20.2. The normalized spacial score (nSPS) is 12.3. The Morgan fingerprint density at radius 3 is 1.81 bits per heavy atom. The molecule has 9 heteroatoms. The number of hydrogen-bond acceptors (Lipinski definition) is 6. The highest BCUT2D eigenvalue weighted by Crippen LogP contribution is 2.30. The molecule has 0 amide bonds. The molecule has 0 saturated heterocycles. The topological polar surface area (TPSA) is 86.7 Å². The minimum Gasteiger partial charge on any atom is -0.267 e. The van der Waals surface area contributed by atoms with Crippen LogP contribution in [0.15, 0.2) is 46.2 Å². The molecule has 0 radical (unpaired) electrons. The lowest BCUT2D eigenvalue weighted by Crippen LogP contribution is -2.09. The molecule has 0 aliphatic heterocycles. The fraction of sp³-hybridized carbons (Fsp3) is 0.333. The molecule has 0 spiro atoms. The van der Waals surface area contributed by atoms with E-state index in [-0.39, 0.29) is 23.0 Å². The van der Waals surface area contributed by atoms with Crippen molar-refractivity contribution in [3.63, 3.8) is 0 Å². The molecule has 6 nitrogen and oxygen atoms in total. The van der Waals surface area contributed by atoms with Crippen LogP contribution < -0.4 is 0 Å². The molecule has 0 unspecified atom stereocenters. The van der Waals surface area contributed by atoms with Gasteiger partial charge < -0.3 is 0 Å². The summed E-state index contributed by atoms with van der Waals surface area (Å²) in [6.45, 7) is 4.92. The third-order valence-electron chi connectivity index (χ3n) is 3.82. The van der Waals surface area contributed by atoms with Crippen LogP contribution in [0.25, 0.3) is 11.1 Å². The number of rotatable bonds is 8. The highest BCUT2D eigenvalue weighted by Gasteiger charge is 2.21. The van der Waals surface area contributed by atoms with Gasteiger partial charge in [0.1, 0.15) is 0 Å². The average molecular weight is 477 g/mol. The second kappa shape index (κ2) is 8.83. The van der Waals surface area contributed by atoms with Crippen molar-refractivity contribution in [1.29, 1.82) is 0 Å². The van der Waals surface area contributed by atoms with E-state index in [1.807, 2.05) is 0 Å². The lowest BCUT2D eigenvalue weighted by atomic mass is 10.0. The first kappa shape index (κ1) is 22.0. The monoisotopic (exact) mass is 476 g/mol. The lowest BCUT2D eigenvalue weighted by molar-refractivity contribution is 0.336. The van der Waals surface area contributed by atoms with Gasteiger partial charge in [-0.05, 0) is 55.2 Å². The van der Waals surface area contributed by atoms with Gasteiger partial charge in [0, 0.05) is 5.33 Å². The van der Waals surface area contributed by atoms with Crippen molar-refractivity contribution in [2.75, 3.05) is 13.2 Å². The van der Waals surface area contributed by atoms with Gasteiger partial charge in [0.2, 0.25) is 0 Å². The molecular formula is C18H21BrO6S2. The fourth-order valence-corrected chi connectivity index (χ4v) is 5.58. The van der Waals surface area contributed by atoms with Crippen LogP contribution in [0.4, 0.5) is 0 Å². The van der Waals surface area contributed by atoms with E-state index in [0.29, 0.717) is 27.6 Å². The Labute approximate surface area is 168 Å². The molecular weight excluding hydrogens is 456 g/mol. The van der Waals surface area contributed by atoms with Crippen LogP contribution in [0.2, 0.25) is 0 Å². The molecule has 0 aromatic heterocycles. The first-order valence-electron chi connectivity index (χ1n) is 8.25. The highest BCUT2D eigenvalue weighted by molar-refractivity contribution is 9.08. The van der Waals surface area contributed by atoms with Gasteiger partial charge in [0.05, 0.1) is 23.0 Å². The largest absolute Gasteiger partial charge is 0.297 e. The average Bonchev–Trinajstić information content (AvgIpc) is 2.61.